The van der Waals surface area contributed by atoms with Crippen molar-refractivity contribution in [2.24, 2.45) is 0 Å². The van der Waals surface area contributed by atoms with Crippen molar-refractivity contribution >= 4 is 23.4 Å². The molecule has 4 nitrogen and oxygen atoms in total. The number of carbonyl (C=O) groups excluding carboxylic acids is 1. The molecule has 0 aliphatic carbocycles. The van der Waals surface area contributed by atoms with Gasteiger partial charge in [-0.05, 0) is 30.7 Å². The van der Waals surface area contributed by atoms with Crippen LogP contribution in [0.4, 0.5) is 5.69 Å². The molecule has 1 saturated heterocycles. The van der Waals surface area contributed by atoms with Crippen molar-refractivity contribution in [1.29, 1.82) is 0 Å². The van der Waals surface area contributed by atoms with Crippen LogP contribution < -0.4 is 16.0 Å². The van der Waals surface area contributed by atoms with Crippen LogP contribution in [0.1, 0.15) is 115 Å². The summed E-state index contributed by atoms with van der Waals surface area (Å²) in [6.07, 6.45) is 19.8. The first-order chi connectivity index (χ1) is 16.2. The molecule has 1 fully saturated rings. The van der Waals surface area contributed by atoms with Crippen molar-refractivity contribution in [1.82, 2.24) is 10.6 Å². The van der Waals surface area contributed by atoms with Gasteiger partial charge in [0.15, 0.2) is 0 Å². The molecule has 1 heterocycles. The molecule has 1 aliphatic heterocycles. The average Bonchev–Trinajstić information content (AvgIpc) is 3.28. The molecule has 1 aliphatic rings. The van der Waals surface area contributed by atoms with E-state index in [0.29, 0.717) is 11.4 Å². The Kier molecular flexibility index (Phi) is 15.6. The van der Waals surface area contributed by atoms with Gasteiger partial charge in [-0.25, -0.2) is 0 Å². The van der Waals surface area contributed by atoms with Crippen LogP contribution in [0, 0.1) is 0 Å². The summed E-state index contributed by atoms with van der Waals surface area (Å²) in [5.74, 6) is 1.12. The van der Waals surface area contributed by atoms with Crippen LogP contribution in [0.3, 0.4) is 0 Å². The standard InChI is InChI=1S/C28H49N3OS/c1-3-4-5-6-7-8-9-10-11-12-13-14-15-16-21-29-22-27-23-33-28(31-27)25-17-19-26(20-18-25)30-24(2)32/h17-20,27-29,31H,3-16,21-23H2,1-2H3,(H,30,32)/t27-,28?/m1/s1. The number of nitrogens with one attached hydrogen (secondary N) is 3. The van der Waals surface area contributed by atoms with Gasteiger partial charge in [0, 0.05) is 31.0 Å². The van der Waals surface area contributed by atoms with Gasteiger partial charge < -0.3 is 10.6 Å². The van der Waals surface area contributed by atoms with E-state index in [1.54, 1.807) is 6.92 Å². The van der Waals surface area contributed by atoms with Gasteiger partial charge in [-0.15, -0.1) is 11.8 Å². The quantitative estimate of drug-likeness (QED) is 0.182. The number of amides is 1. The van der Waals surface area contributed by atoms with Gasteiger partial charge in [0.05, 0.1) is 5.37 Å². The lowest BCUT2D eigenvalue weighted by Gasteiger charge is -2.15. The third-order valence-corrected chi connectivity index (χ3v) is 7.82. The van der Waals surface area contributed by atoms with Crippen LogP contribution in [0.25, 0.3) is 0 Å². The Morgan fingerprint density at radius 1 is 0.879 bits per heavy atom. The lowest BCUT2D eigenvalue weighted by Crippen LogP contribution is -2.36. The van der Waals surface area contributed by atoms with Crippen LogP contribution in [-0.2, 0) is 4.79 Å². The first-order valence-corrected chi connectivity index (χ1v) is 14.7. The zero-order valence-corrected chi connectivity index (χ0v) is 22.1. The Hall–Kier alpha value is -1.04. The fraction of sp³-hybridized carbons (Fsp3) is 0.750. The monoisotopic (exact) mass is 475 g/mol. The number of unbranched alkanes of at least 4 members (excludes halogenated alkanes) is 13. The molecule has 1 aromatic rings. The molecule has 33 heavy (non-hydrogen) atoms. The highest BCUT2D eigenvalue weighted by molar-refractivity contribution is 7.99. The Morgan fingerprint density at radius 2 is 1.42 bits per heavy atom. The van der Waals surface area contributed by atoms with Gasteiger partial charge >= 0.3 is 0 Å². The molecule has 1 aromatic carbocycles. The summed E-state index contributed by atoms with van der Waals surface area (Å²) in [5, 5.41) is 10.6. The molecule has 3 N–H and O–H groups in total. The molecule has 1 amide bonds. The van der Waals surface area contributed by atoms with E-state index in [0.717, 1.165) is 24.5 Å². The molecular formula is C28H49N3OS. The van der Waals surface area contributed by atoms with Gasteiger partial charge in [0.2, 0.25) is 5.91 Å². The normalized spacial score (nSPS) is 18.0. The highest BCUT2D eigenvalue weighted by Crippen LogP contribution is 2.33. The maximum absolute atomic E-state index is 11.2. The summed E-state index contributed by atoms with van der Waals surface area (Å²) in [5.41, 5.74) is 2.14. The van der Waals surface area contributed by atoms with Crippen molar-refractivity contribution in [3.63, 3.8) is 0 Å². The molecule has 5 heteroatoms. The van der Waals surface area contributed by atoms with Gasteiger partial charge in [-0.1, -0.05) is 103 Å². The fourth-order valence-corrected chi connectivity index (χ4v) is 5.78. The van der Waals surface area contributed by atoms with Crippen LogP contribution in [0.2, 0.25) is 0 Å². The number of benzene rings is 1. The van der Waals surface area contributed by atoms with Gasteiger partial charge in [-0.2, -0.15) is 0 Å². The van der Waals surface area contributed by atoms with Crippen molar-refractivity contribution in [2.45, 2.75) is 115 Å². The molecule has 188 valence electrons. The number of hydrogen-bond acceptors (Lipinski definition) is 4. The summed E-state index contributed by atoms with van der Waals surface area (Å²) >= 11 is 1.97. The molecule has 1 unspecified atom stereocenters. The minimum atomic E-state index is -0.0268. The number of carbonyl (C=O) groups is 1. The summed E-state index contributed by atoms with van der Waals surface area (Å²) in [6.45, 7) is 6.01. The maximum Gasteiger partial charge on any atom is 0.221 e. The molecule has 0 radical (unpaired) electrons. The van der Waals surface area contributed by atoms with Crippen LogP contribution >= 0.6 is 11.8 Å². The van der Waals surface area contributed by atoms with E-state index >= 15 is 0 Å². The topological polar surface area (TPSA) is 53.2 Å². The van der Waals surface area contributed by atoms with Gasteiger partial charge in [-0.3, -0.25) is 10.1 Å². The molecule has 0 spiro atoms. The lowest BCUT2D eigenvalue weighted by molar-refractivity contribution is -0.114. The Morgan fingerprint density at radius 3 is 1.97 bits per heavy atom. The van der Waals surface area contributed by atoms with E-state index in [4.69, 9.17) is 0 Å². The van der Waals surface area contributed by atoms with Crippen LogP contribution in [0.15, 0.2) is 24.3 Å². The fourth-order valence-electron chi connectivity index (χ4n) is 4.50. The van der Waals surface area contributed by atoms with Gasteiger partial charge in [0.1, 0.15) is 0 Å². The molecule has 0 saturated carbocycles. The van der Waals surface area contributed by atoms with Crippen molar-refractivity contribution in [3.8, 4) is 0 Å². The minimum absolute atomic E-state index is 0.0268. The largest absolute Gasteiger partial charge is 0.326 e. The zero-order valence-electron chi connectivity index (χ0n) is 21.3. The second-order valence-corrected chi connectivity index (χ2v) is 10.8. The average molecular weight is 476 g/mol. The maximum atomic E-state index is 11.2. The number of hydrogen-bond donors (Lipinski definition) is 3. The highest BCUT2D eigenvalue weighted by atomic mass is 32.2. The second-order valence-electron chi connectivity index (χ2n) is 9.68. The number of anilines is 1. The van der Waals surface area contributed by atoms with E-state index < -0.39 is 0 Å². The predicted octanol–water partition coefficient (Wildman–Crippen LogP) is 7.42. The minimum Gasteiger partial charge on any atom is -0.326 e. The second kappa shape index (κ2) is 18.3. The van der Waals surface area contributed by atoms with E-state index in [1.807, 2.05) is 23.9 Å². The SMILES string of the molecule is CCCCCCCCCCCCCCCCNC[C@@H]1CSC(c2ccc(NC(C)=O)cc2)N1. The summed E-state index contributed by atoms with van der Waals surface area (Å²) in [7, 11) is 0. The zero-order chi connectivity index (χ0) is 23.6. The highest BCUT2D eigenvalue weighted by Gasteiger charge is 2.24. The third-order valence-electron chi connectivity index (χ3n) is 6.48. The summed E-state index contributed by atoms with van der Waals surface area (Å²) < 4.78 is 0. The Bertz CT molecular complexity index is 622. The van der Waals surface area contributed by atoms with Crippen LogP contribution in [0.5, 0.6) is 0 Å². The first kappa shape index (κ1) is 28.2. The van der Waals surface area contributed by atoms with Gasteiger partial charge in [0.25, 0.3) is 0 Å². The van der Waals surface area contributed by atoms with Crippen molar-refractivity contribution in [3.05, 3.63) is 29.8 Å². The molecule has 0 aromatic heterocycles. The number of thioether (sulfide) groups is 1. The first-order valence-electron chi connectivity index (χ1n) is 13.6. The molecular weight excluding hydrogens is 426 g/mol. The van der Waals surface area contributed by atoms with Crippen molar-refractivity contribution in [2.75, 3.05) is 24.2 Å². The summed E-state index contributed by atoms with van der Waals surface area (Å²) in [4.78, 5) is 11.2. The lowest BCUT2D eigenvalue weighted by atomic mass is 10.0. The Labute approximate surface area is 207 Å². The van der Waals surface area contributed by atoms with E-state index in [2.05, 4.69) is 35.0 Å². The van der Waals surface area contributed by atoms with E-state index in [1.165, 1.54) is 95.5 Å². The van der Waals surface area contributed by atoms with Crippen molar-refractivity contribution < 1.29 is 4.79 Å². The smallest absolute Gasteiger partial charge is 0.221 e. The molecule has 0 bridgehead atoms. The molecule has 2 rings (SSSR count). The number of rotatable bonds is 19. The Balaban J connectivity index is 1.37. The van der Waals surface area contributed by atoms with E-state index in [9.17, 15) is 4.79 Å². The summed E-state index contributed by atoms with van der Waals surface area (Å²) in [6, 6.07) is 8.72. The predicted molar refractivity (Wildman–Crippen MR) is 146 cm³/mol. The van der Waals surface area contributed by atoms with E-state index in [-0.39, 0.29) is 5.91 Å². The third kappa shape index (κ3) is 13.4. The molecule has 2 atom stereocenters. The van der Waals surface area contributed by atoms with Crippen LogP contribution in [-0.4, -0.2) is 30.8 Å².